The average molecular weight is 340 g/mol. The van der Waals surface area contributed by atoms with Gasteiger partial charge in [0.15, 0.2) is 5.96 Å². The number of hydrogen-bond acceptors (Lipinski definition) is 4. The van der Waals surface area contributed by atoms with Gasteiger partial charge in [0.05, 0.1) is 0 Å². The highest BCUT2D eigenvalue weighted by atomic mass is 16.5. The topological polar surface area (TPSA) is 67.8 Å². The summed E-state index contributed by atoms with van der Waals surface area (Å²) in [6.07, 6.45) is 3.56. The van der Waals surface area contributed by atoms with Crippen molar-refractivity contribution in [1.29, 1.82) is 0 Å². The Hall–Kier alpha value is -3.02. The Bertz CT molecular complexity index is 657. The Morgan fingerprint density at radius 1 is 1.12 bits per heavy atom. The lowest BCUT2D eigenvalue weighted by Crippen LogP contribution is -2.36. The van der Waals surface area contributed by atoms with Crippen LogP contribution in [0.2, 0.25) is 0 Å². The second-order valence-electron chi connectivity index (χ2n) is 5.11. The van der Waals surface area contributed by atoms with Gasteiger partial charge in [0.25, 0.3) is 0 Å². The molecule has 0 aliphatic heterocycles. The number of pyridine rings is 1. The van der Waals surface area contributed by atoms with Crippen LogP contribution in [-0.4, -0.2) is 37.7 Å². The lowest BCUT2D eigenvalue weighted by atomic mass is 10.3. The first kappa shape index (κ1) is 18.3. The molecular weight excluding hydrogens is 316 g/mol. The van der Waals surface area contributed by atoms with Gasteiger partial charge >= 0.3 is 0 Å². The van der Waals surface area contributed by atoms with Crippen molar-refractivity contribution in [3.63, 3.8) is 0 Å². The number of aliphatic imine (C=N–C) groups is 1. The predicted octanol–water partition coefficient (Wildman–Crippen LogP) is 2.39. The number of rotatable bonds is 9. The number of hydrogen-bond donors (Lipinski definition) is 2. The summed E-state index contributed by atoms with van der Waals surface area (Å²) in [6, 6.07) is 13.5. The minimum absolute atomic E-state index is 0.442. The molecule has 0 amide bonds. The van der Waals surface area contributed by atoms with E-state index in [0.717, 1.165) is 17.3 Å². The van der Waals surface area contributed by atoms with Crippen molar-refractivity contribution < 1.29 is 9.47 Å². The molecule has 1 aromatic heterocycles. The van der Waals surface area contributed by atoms with E-state index in [9.17, 15) is 0 Å². The van der Waals surface area contributed by atoms with Crippen LogP contribution < -0.4 is 20.1 Å². The van der Waals surface area contributed by atoms with Crippen LogP contribution in [0, 0.1) is 0 Å². The zero-order chi connectivity index (χ0) is 17.7. The van der Waals surface area contributed by atoms with Crippen molar-refractivity contribution in [2.45, 2.75) is 6.54 Å². The van der Waals surface area contributed by atoms with E-state index in [1.807, 2.05) is 42.5 Å². The molecule has 0 radical (unpaired) electrons. The zero-order valence-electron chi connectivity index (χ0n) is 14.4. The van der Waals surface area contributed by atoms with Gasteiger partial charge in [0, 0.05) is 32.4 Å². The number of aromatic nitrogens is 1. The van der Waals surface area contributed by atoms with Gasteiger partial charge in [-0.1, -0.05) is 30.3 Å². The van der Waals surface area contributed by atoms with Crippen molar-refractivity contribution in [3.05, 3.63) is 66.9 Å². The van der Waals surface area contributed by atoms with Gasteiger partial charge in [-0.05, 0) is 17.7 Å². The Morgan fingerprint density at radius 3 is 2.60 bits per heavy atom. The highest BCUT2D eigenvalue weighted by Gasteiger charge is 2.00. The average Bonchev–Trinajstić information content (AvgIpc) is 2.67. The molecule has 2 aromatic rings. The van der Waals surface area contributed by atoms with E-state index in [0.29, 0.717) is 32.2 Å². The van der Waals surface area contributed by atoms with Crippen LogP contribution >= 0.6 is 0 Å². The summed E-state index contributed by atoms with van der Waals surface area (Å²) < 4.78 is 11.1. The molecular formula is C19H24N4O2. The molecule has 6 heteroatoms. The summed E-state index contributed by atoms with van der Waals surface area (Å²) in [5, 5.41) is 6.31. The summed E-state index contributed by atoms with van der Waals surface area (Å²) in [5.41, 5.74) is 1.04. The molecule has 0 aliphatic rings. The van der Waals surface area contributed by atoms with Crippen molar-refractivity contribution >= 4 is 5.96 Å². The fourth-order valence-electron chi connectivity index (χ4n) is 2.00. The van der Waals surface area contributed by atoms with E-state index in [1.54, 1.807) is 19.3 Å². The summed E-state index contributed by atoms with van der Waals surface area (Å²) in [6.45, 7) is 5.87. The number of benzene rings is 1. The first-order valence-corrected chi connectivity index (χ1v) is 8.13. The van der Waals surface area contributed by atoms with Gasteiger partial charge in [-0.3, -0.25) is 4.99 Å². The van der Waals surface area contributed by atoms with Crippen LogP contribution in [0.4, 0.5) is 0 Å². The standard InChI is InChI=1S/C19H24N4O2/c1-3-11-21-19(20-2)23-15-16-9-10-18(22-14-16)25-13-12-24-17-7-5-4-6-8-17/h3-10,14H,1,11-13,15H2,2H3,(H2,20,21,23). The first-order chi connectivity index (χ1) is 12.3. The van der Waals surface area contributed by atoms with Crippen LogP contribution in [0.5, 0.6) is 11.6 Å². The lowest BCUT2D eigenvalue weighted by molar-refractivity contribution is 0.212. The fourth-order valence-corrected chi connectivity index (χ4v) is 2.00. The Morgan fingerprint density at radius 2 is 1.92 bits per heavy atom. The normalized spacial score (nSPS) is 10.8. The first-order valence-electron chi connectivity index (χ1n) is 8.13. The molecule has 0 saturated carbocycles. The van der Waals surface area contributed by atoms with Crippen molar-refractivity contribution in [2.75, 3.05) is 26.8 Å². The van der Waals surface area contributed by atoms with E-state index in [4.69, 9.17) is 9.47 Å². The summed E-state index contributed by atoms with van der Waals surface area (Å²) in [7, 11) is 1.73. The molecule has 2 N–H and O–H groups in total. The lowest BCUT2D eigenvalue weighted by Gasteiger charge is -2.11. The molecule has 0 aliphatic carbocycles. The quantitative estimate of drug-likeness (QED) is 0.317. The molecule has 2 rings (SSSR count). The van der Waals surface area contributed by atoms with Crippen LogP contribution in [0.3, 0.4) is 0 Å². The summed E-state index contributed by atoms with van der Waals surface area (Å²) in [5.74, 6) is 2.13. The van der Waals surface area contributed by atoms with E-state index in [2.05, 4.69) is 27.2 Å². The second kappa shape index (κ2) is 10.7. The van der Waals surface area contributed by atoms with E-state index in [1.165, 1.54) is 0 Å². The Labute approximate surface area is 148 Å². The molecule has 0 atom stereocenters. The number of para-hydroxylation sites is 1. The van der Waals surface area contributed by atoms with Gasteiger partial charge in [-0.15, -0.1) is 6.58 Å². The van der Waals surface area contributed by atoms with Gasteiger partial charge in [-0.25, -0.2) is 4.98 Å². The van der Waals surface area contributed by atoms with Crippen LogP contribution in [-0.2, 0) is 6.54 Å². The van der Waals surface area contributed by atoms with Crippen LogP contribution in [0.25, 0.3) is 0 Å². The largest absolute Gasteiger partial charge is 0.490 e. The van der Waals surface area contributed by atoms with Crippen LogP contribution in [0.1, 0.15) is 5.56 Å². The van der Waals surface area contributed by atoms with E-state index in [-0.39, 0.29) is 0 Å². The van der Waals surface area contributed by atoms with Crippen LogP contribution in [0.15, 0.2) is 66.3 Å². The second-order valence-corrected chi connectivity index (χ2v) is 5.11. The van der Waals surface area contributed by atoms with E-state index < -0.39 is 0 Å². The van der Waals surface area contributed by atoms with Crippen molar-refractivity contribution in [3.8, 4) is 11.6 Å². The highest BCUT2D eigenvalue weighted by molar-refractivity contribution is 5.79. The Kier molecular flexibility index (Phi) is 7.84. The van der Waals surface area contributed by atoms with Crippen molar-refractivity contribution in [1.82, 2.24) is 15.6 Å². The minimum atomic E-state index is 0.442. The maximum atomic E-state index is 5.58. The van der Waals surface area contributed by atoms with Crippen molar-refractivity contribution in [2.24, 2.45) is 4.99 Å². The van der Waals surface area contributed by atoms with Gasteiger partial charge in [0.2, 0.25) is 5.88 Å². The number of nitrogens with one attached hydrogen (secondary N) is 2. The van der Waals surface area contributed by atoms with E-state index >= 15 is 0 Å². The van der Waals surface area contributed by atoms with Gasteiger partial charge in [-0.2, -0.15) is 0 Å². The fraction of sp³-hybridized carbons (Fsp3) is 0.263. The minimum Gasteiger partial charge on any atom is -0.490 e. The molecule has 132 valence electrons. The third-order valence-electron chi connectivity index (χ3n) is 3.24. The predicted molar refractivity (Wildman–Crippen MR) is 100 cm³/mol. The SMILES string of the molecule is C=CCNC(=NC)NCc1ccc(OCCOc2ccccc2)nc1. The molecule has 0 spiro atoms. The maximum Gasteiger partial charge on any atom is 0.213 e. The molecule has 0 saturated heterocycles. The number of guanidine groups is 1. The van der Waals surface area contributed by atoms with Gasteiger partial charge < -0.3 is 20.1 Å². The molecule has 6 nitrogen and oxygen atoms in total. The number of ether oxygens (including phenoxy) is 2. The maximum absolute atomic E-state index is 5.58. The third-order valence-corrected chi connectivity index (χ3v) is 3.24. The third kappa shape index (κ3) is 6.95. The molecule has 0 fully saturated rings. The monoisotopic (exact) mass is 340 g/mol. The highest BCUT2D eigenvalue weighted by Crippen LogP contribution is 2.09. The summed E-state index contributed by atoms with van der Waals surface area (Å²) in [4.78, 5) is 8.42. The molecule has 0 unspecified atom stereocenters. The zero-order valence-corrected chi connectivity index (χ0v) is 14.4. The molecule has 1 heterocycles. The smallest absolute Gasteiger partial charge is 0.213 e. The molecule has 1 aromatic carbocycles. The Balaban J connectivity index is 1.69. The molecule has 0 bridgehead atoms. The number of nitrogens with zero attached hydrogens (tertiary/aromatic N) is 2. The summed E-state index contributed by atoms with van der Waals surface area (Å²) >= 11 is 0. The molecule has 25 heavy (non-hydrogen) atoms. The van der Waals surface area contributed by atoms with Gasteiger partial charge in [0.1, 0.15) is 19.0 Å².